The molecule has 20 heavy (non-hydrogen) atoms. The lowest BCUT2D eigenvalue weighted by Gasteiger charge is -2.24. The molecule has 0 heterocycles. The van der Waals surface area contributed by atoms with E-state index in [2.05, 4.69) is 0 Å². The largest absolute Gasteiger partial charge is 0.443 e. The molecular formula is C16H20N2O2. The molecule has 0 aliphatic heterocycles. The molecule has 0 unspecified atom stereocenters. The number of ether oxygens (including phenoxy) is 1. The molecule has 0 radical (unpaired) electrons. The van der Waals surface area contributed by atoms with Crippen LogP contribution in [0.25, 0.3) is 10.8 Å². The fourth-order valence-electron chi connectivity index (χ4n) is 1.92. The van der Waals surface area contributed by atoms with Gasteiger partial charge in [-0.1, -0.05) is 36.4 Å². The Morgan fingerprint density at radius 3 is 2.45 bits per heavy atom. The number of hydrogen-bond donors (Lipinski definition) is 1. The van der Waals surface area contributed by atoms with Gasteiger partial charge in [-0.3, -0.25) is 0 Å². The second-order valence-electron chi connectivity index (χ2n) is 5.79. The van der Waals surface area contributed by atoms with Crippen LogP contribution in [0.5, 0.6) is 0 Å². The molecule has 2 aromatic carbocycles. The van der Waals surface area contributed by atoms with Crippen molar-refractivity contribution in [2.24, 2.45) is 5.84 Å². The third-order valence-corrected chi connectivity index (χ3v) is 2.79. The van der Waals surface area contributed by atoms with Crippen molar-refractivity contribution in [2.45, 2.75) is 32.9 Å². The number of rotatable bonds is 2. The first-order chi connectivity index (χ1) is 9.35. The van der Waals surface area contributed by atoms with Crippen LogP contribution in [0, 0.1) is 0 Å². The molecule has 1 amide bonds. The molecule has 0 aliphatic rings. The van der Waals surface area contributed by atoms with Crippen LogP contribution >= 0.6 is 0 Å². The van der Waals surface area contributed by atoms with E-state index in [0.717, 1.165) is 21.3 Å². The number of carbonyl (C=O) groups is 1. The summed E-state index contributed by atoms with van der Waals surface area (Å²) in [4.78, 5) is 11.8. The van der Waals surface area contributed by atoms with Gasteiger partial charge in [-0.25, -0.2) is 15.6 Å². The summed E-state index contributed by atoms with van der Waals surface area (Å²) < 4.78 is 5.22. The third kappa shape index (κ3) is 3.71. The molecule has 2 aromatic rings. The van der Waals surface area contributed by atoms with Gasteiger partial charge in [0.15, 0.2) is 0 Å². The molecule has 4 heteroatoms. The van der Waals surface area contributed by atoms with E-state index in [0.29, 0.717) is 6.54 Å². The van der Waals surface area contributed by atoms with Gasteiger partial charge in [0.25, 0.3) is 0 Å². The SMILES string of the molecule is CC(C)(C)OC(=O)N(N)Cc1ccc2ccccc2c1. The van der Waals surface area contributed by atoms with Crippen LogP contribution in [-0.2, 0) is 11.3 Å². The van der Waals surface area contributed by atoms with E-state index in [1.165, 1.54) is 0 Å². The summed E-state index contributed by atoms with van der Waals surface area (Å²) in [6.45, 7) is 5.76. The van der Waals surface area contributed by atoms with E-state index in [-0.39, 0.29) is 0 Å². The third-order valence-electron chi connectivity index (χ3n) is 2.79. The van der Waals surface area contributed by atoms with Crippen molar-refractivity contribution in [3.8, 4) is 0 Å². The molecule has 106 valence electrons. The first-order valence-corrected chi connectivity index (χ1v) is 6.58. The van der Waals surface area contributed by atoms with E-state index in [1.54, 1.807) is 0 Å². The predicted molar refractivity (Wildman–Crippen MR) is 79.9 cm³/mol. The van der Waals surface area contributed by atoms with Gasteiger partial charge in [0.2, 0.25) is 0 Å². The van der Waals surface area contributed by atoms with Gasteiger partial charge >= 0.3 is 6.09 Å². The molecule has 0 aliphatic carbocycles. The quantitative estimate of drug-likeness (QED) is 0.517. The van der Waals surface area contributed by atoms with Crippen molar-refractivity contribution in [3.63, 3.8) is 0 Å². The highest BCUT2D eigenvalue weighted by Crippen LogP contribution is 2.17. The number of benzene rings is 2. The lowest BCUT2D eigenvalue weighted by Crippen LogP contribution is -2.40. The van der Waals surface area contributed by atoms with Crippen LogP contribution in [0.2, 0.25) is 0 Å². The number of carbonyl (C=O) groups excluding carboxylic acids is 1. The molecule has 4 nitrogen and oxygen atoms in total. The molecule has 0 fully saturated rings. The minimum atomic E-state index is -0.544. The first kappa shape index (κ1) is 14.3. The summed E-state index contributed by atoms with van der Waals surface area (Å²) in [6.07, 6.45) is -0.523. The van der Waals surface area contributed by atoms with Crippen molar-refractivity contribution in [2.75, 3.05) is 0 Å². The maximum absolute atomic E-state index is 11.8. The summed E-state index contributed by atoms with van der Waals surface area (Å²) in [5.74, 6) is 5.76. The Bertz CT molecular complexity index is 617. The number of nitrogens with two attached hydrogens (primary N) is 1. The van der Waals surface area contributed by atoms with Gasteiger partial charge in [0.05, 0.1) is 6.54 Å². The maximum Gasteiger partial charge on any atom is 0.424 e. The van der Waals surface area contributed by atoms with Crippen molar-refractivity contribution in [1.29, 1.82) is 0 Å². The van der Waals surface area contributed by atoms with Crippen LogP contribution < -0.4 is 5.84 Å². The normalized spacial score (nSPS) is 11.4. The zero-order valence-electron chi connectivity index (χ0n) is 12.1. The molecule has 0 saturated heterocycles. The molecular weight excluding hydrogens is 252 g/mol. The minimum absolute atomic E-state index is 0.319. The molecule has 2 N–H and O–H groups in total. The van der Waals surface area contributed by atoms with Crippen molar-refractivity contribution in [3.05, 3.63) is 48.0 Å². The highest BCUT2D eigenvalue weighted by molar-refractivity contribution is 5.83. The standard InChI is InChI=1S/C16H20N2O2/c1-16(2,3)20-15(19)18(17)11-12-8-9-13-6-4-5-7-14(13)10-12/h4-10H,11,17H2,1-3H3. The Hall–Kier alpha value is -2.07. The fourth-order valence-corrected chi connectivity index (χ4v) is 1.92. The Morgan fingerprint density at radius 2 is 1.80 bits per heavy atom. The summed E-state index contributed by atoms with van der Waals surface area (Å²) in [5, 5.41) is 3.38. The summed E-state index contributed by atoms with van der Waals surface area (Å²) >= 11 is 0. The van der Waals surface area contributed by atoms with E-state index in [1.807, 2.05) is 63.2 Å². The highest BCUT2D eigenvalue weighted by atomic mass is 16.6. The number of hydrazine groups is 1. The molecule has 0 spiro atoms. The summed E-state index contributed by atoms with van der Waals surface area (Å²) in [5.41, 5.74) is 0.426. The van der Waals surface area contributed by atoms with Gasteiger partial charge in [0, 0.05) is 0 Å². The van der Waals surface area contributed by atoms with Gasteiger partial charge in [-0.2, -0.15) is 0 Å². The van der Waals surface area contributed by atoms with Crippen molar-refractivity contribution >= 4 is 16.9 Å². The summed E-state index contributed by atoms with van der Waals surface area (Å²) in [7, 11) is 0. The Labute approximate surface area is 119 Å². The zero-order valence-corrected chi connectivity index (χ0v) is 12.1. The smallest absolute Gasteiger partial charge is 0.424 e. The van der Waals surface area contributed by atoms with Gasteiger partial charge < -0.3 is 4.74 Å². The molecule has 2 rings (SSSR count). The zero-order chi connectivity index (χ0) is 14.8. The van der Waals surface area contributed by atoms with Crippen LogP contribution in [-0.4, -0.2) is 16.7 Å². The Morgan fingerprint density at radius 1 is 1.15 bits per heavy atom. The monoisotopic (exact) mass is 272 g/mol. The average Bonchev–Trinajstić information content (AvgIpc) is 2.36. The van der Waals surface area contributed by atoms with E-state index >= 15 is 0 Å². The van der Waals surface area contributed by atoms with Gasteiger partial charge in [-0.05, 0) is 43.2 Å². The molecule has 0 atom stereocenters. The number of hydrogen-bond acceptors (Lipinski definition) is 3. The van der Waals surface area contributed by atoms with E-state index in [4.69, 9.17) is 10.6 Å². The fraction of sp³-hybridized carbons (Fsp3) is 0.312. The van der Waals surface area contributed by atoms with Crippen LogP contribution in [0.4, 0.5) is 4.79 Å². The predicted octanol–water partition coefficient (Wildman–Crippen LogP) is 3.45. The highest BCUT2D eigenvalue weighted by Gasteiger charge is 2.20. The van der Waals surface area contributed by atoms with Crippen LogP contribution in [0.1, 0.15) is 26.3 Å². The van der Waals surface area contributed by atoms with E-state index in [9.17, 15) is 4.79 Å². The van der Waals surface area contributed by atoms with Gasteiger partial charge in [-0.15, -0.1) is 0 Å². The molecule has 0 bridgehead atoms. The second-order valence-corrected chi connectivity index (χ2v) is 5.79. The number of amides is 1. The topological polar surface area (TPSA) is 55.6 Å². The summed E-state index contributed by atoms with van der Waals surface area (Å²) in [6, 6.07) is 14.1. The molecule has 0 aromatic heterocycles. The van der Waals surface area contributed by atoms with Crippen LogP contribution in [0.15, 0.2) is 42.5 Å². The van der Waals surface area contributed by atoms with E-state index < -0.39 is 11.7 Å². The lowest BCUT2D eigenvalue weighted by atomic mass is 10.1. The average molecular weight is 272 g/mol. The number of nitrogens with zero attached hydrogens (tertiary/aromatic N) is 1. The minimum Gasteiger partial charge on any atom is -0.443 e. The Balaban J connectivity index is 2.09. The maximum atomic E-state index is 11.8. The van der Waals surface area contributed by atoms with Crippen LogP contribution in [0.3, 0.4) is 0 Å². The Kier molecular flexibility index (Phi) is 3.95. The lowest BCUT2D eigenvalue weighted by molar-refractivity contribution is 0.0231. The van der Waals surface area contributed by atoms with Gasteiger partial charge in [0.1, 0.15) is 5.60 Å². The first-order valence-electron chi connectivity index (χ1n) is 6.58. The molecule has 0 saturated carbocycles. The number of fused-ring (bicyclic) bond motifs is 1. The second kappa shape index (κ2) is 5.51. The van der Waals surface area contributed by atoms with Crippen molar-refractivity contribution < 1.29 is 9.53 Å². The van der Waals surface area contributed by atoms with Crippen molar-refractivity contribution in [1.82, 2.24) is 5.01 Å².